The van der Waals surface area contributed by atoms with Gasteiger partial charge in [-0.1, -0.05) is 6.07 Å². The standard InChI is InChI=1S/C20H16F2N4O2/c1-12(27)24-14-3-2-4-15(10-14)25-19-9-13(7-8-23-19)20(28)26-16-5-6-17(21)18(22)11-16/h2-11H,1H3,(H,23,25)(H,24,27)(H,26,28). The van der Waals surface area contributed by atoms with E-state index in [0.717, 1.165) is 12.1 Å². The number of nitrogens with zero attached hydrogens (tertiary/aromatic N) is 1. The summed E-state index contributed by atoms with van der Waals surface area (Å²) in [6.07, 6.45) is 1.44. The lowest BCUT2D eigenvalue weighted by Gasteiger charge is -2.10. The summed E-state index contributed by atoms with van der Waals surface area (Å²) in [4.78, 5) is 27.7. The number of pyridine rings is 1. The largest absolute Gasteiger partial charge is 0.340 e. The van der Waals surface area contributed by atoms with E-state index >= 15 is 0 Å². The molecule has 0 radical (unpaired) electrons. The second kappa shape index (κ2) is 8.26. The first-order valence-corrected chi connectivity index (χ1v) is 8.28. The Kier molecular flexibility index (Phi) is 5.59. The average Bonchev–Trinajstić information content (AvgIpc) is 2.65. The van der Waals surface area contributed by atoms with E-state index in [1.807, 2.05) is 0 Å². The quantitative estimate of drug-likeness (QED) is 0.614. The van der Waals surface area contributed by atoms with E-state index in [4.69, 9.17) is 0 Å². The first-order valence-electron chi connectivity index (χ1n) is 8.28. The highest BCUT2D eigenvalue weighted by Crippen LogP contribution is 2.20. The third-order valence-electron chi connectivity index (χ3n) is 3.65. The van der Waals surface area contributed by atoms with E-state index < -0.39 is 17.5 Å². The molecule has 0 bridgehead atoms. The SMILES string of the molecule is CC(=O)Nc1cccc(Nc2cc(C(=O)Nc3ccc(F)c(F)c3)ccn2)c1. The van der Waals surface area contributed by atoms with Gasteiger partial charge in [0.2, 0.25) is 5.91 Å². The van der Waals surface area contributed by atoms with Gasteiger partial charge in [-0.15, -0.1) is 0 Å². The fourth-order valence-corrected chi connectivity index (χ4v) is 2.44. The number of nitrogens with one attached hydrogen (secondary N) is 3. The van der Waals surface area contributed by atoms with E-state index in [2.05, 4.69) is 20.9 Å². The Morgan fingerprint density at radius 1 is 0.857 bits per heavy atom. The monoisotopic (exact) mass is 382 g/mol. The first kappa shape index (κ1) is 19.0. The predicted molar refractivity (Wildman–Crippen MR) is 103 cm³/mol. The lowest BCUT2D eigenvalue weighted by Crippen LogP contribution is -2.12. The molecule has 0 saturated heterocycles. The van der Waals surface area contributed by atoms with Crippen LogP contribution in [-0.4, -0.2) is 16.8 Å². The summed E-state index contributed by atoms with van der Waals surface area (Å²) in [5.41, 5.74) is 1.69. The molecule has 3 N–H and O–H groups in total. The summed E-state index contributed by atoms with van der Waals surface area (Å²) < 4.78 is 26.3. The third kappa shape index (κ3) is 4.88. The minimum Gasteiger partial charge on any atom is -0.340 e. The molecule has 0 aliphatic rings. The Hall–Kier alpha value is -3.81. The molecule has 142 valence electrons. The molecular weight excluding hydrogens is 366 g/mol. The number of carbonyl (C=O) groups excluding carboxylic acids is 2. The van der Waals surface area contributed by atoms with Crippen LogP contribution in [0.5, 0.6) is 0 Å². The predicted octanol–water partition coefficient (Wildman–Crippen LogP) is 4.31. The topological polar surface area (TPSA) is 83.1 Å². The van der Waals surface area contributed by atoms with Crippen molar-refractivity contribution in [1.82, 2.24) is 4.98 Å². The molecule has 6 nitrogen and oxygen atoms in total. The van der Waals surface area contributed by atoms with Crippen molar-refractivity contribution >= 4 is 34.7 Å². The van der Waals surface area contributed by atoms with Crippen LogP contribution in [0.25, 0.3) is 0 Å². The van der Waals surface area contributed by atoms with Crippen molar-refractivity contribution in [3.05, 3.63) is 78.0 Å². The van der Waals surface area contributed by atoms with Gasteiger partial charge in [-0.3, -0.25) is 9.59 Å². The number of amides is 2. The van der Waals surface area contributed by atoms with Gasteiger partial charge in [-0.05, 0) is 42.5 Å². The van der Waals surface area contributed by atoms with Crippen molar-refractivity contribution in [2.75, 3.05) is 16.0 Å². The number of benzene rings is 2. The normalized spacial score (nSPS) is 10.2. The van der Waals surface area contributed by atoms with Crippen LogP contribution < -0.4 is 16.0 Å². The van der Waals surface area contributed by atoms with Crippen molar-refractivity contribution in [1.29, 1.82) is 0 Å². The summed E-state index contributed by atoms with van der Waals surface area (Å²) in [5, 5.41) is 8.22. The number of halogens is 2. The molecule has 0 aliphatic heterocycles. The van der Waals surface area contributed by atoms with Crippen LogP contribution in [0, 0.1) is 11.6 Å². The lowest BCUT2D eigenvalue weighted by atomic mass is 10.2. The van der Waals surface area contributed by atoms with E-state index in [0.29, 0.717) is 17.2 Å². The van der Waals surface area contributed by atoms with Gasteiger partial charge in [-0.2, -0.15) is 0 Å². The average molecular weight is 382 g/mol. The number of anilines is 4. The van der Waals surface area contributed by atoms with Gasteiger partial charge in [0.1, 0.15) is 5.82 Å². The fraction of sp³-hybridized carbons (Fsp3) is 0.0500. The fourth-order valence-electron chi connectivity index (χ4n) is 2.44. The van der Waals surface area contributed by atoms with Gasteiger partial charge in [0.05, 0.1) is 0 Å². The smallest absolute Gasteiger partial charge is 0.255 e. The molecule has 0 spiro atoms. The Morgan fingerprint density at radius 2 is 1.61 bits per heavy atom. The van der Waals surface area contributed by atoms with Crippen molar-refractivity contribution < 1.29 is 18.4 Å². The maximum absolute atomic E-state index is 13.3. The van der Waals surface area contributed by atoms with E-state index in [9.17, 15) is 18.4 Å². The highest BCUT2D eigenvalue weighted by atomic mass is 19.2. The Labute approximate surface area is 159 Å². The molecule has 8 heteroatoms. The lowest BCUT2D eigenvalue weighted by molar-refractivity contribution is -0.114. The number of hydrogen-bond acceptors (Lipinski definition) is 4. The Balaban J connectivity index is 1.73. The molecule has 28 heavy (non-hydrogen) atoms. The molecule has 2 aromatic carbocycles. The summed E-state index contributed by atoms with van der Waals surface area (Å²) in [6.45, 7) is 1.41. The molecule has 0 saturated carbocycles. The van der Waals surface area contributed by atoms with Crippen LogP contribution in [0.3, 0.4) is 0 Å². The molecule has 0 atom stereocenters. The van der Waals surface area contributed by atoms with Gasteiger partial charge in [-0.25, -0.2) is 13.8 Å². The summed E-state index contributed by atoms with van der Waals surface area (Å²) in [7, 11) is 0. The van der Waals surface area contributed by atoms with E-state index in [1.54, 1.807) is 24.3 Å². The van der Waals surface area contributed by atoms with Crippen molar-refractivity contribution in [2.45, 2.75) is 6.92 Å². The second-order valence-electron chi connectivity index (χ2n) is 5.90. The highest BCUT2D eigenvalue weighted by molar-refractivity contribution is 6.04. The molecule has 3 rings (SSSR count). The number of hydrogen-bond donors (Lipinski definition) is 3. The molecule has 2 amide bonds. The van der Waals surface area contributed by atoms with Crippen LogP contribution in [0.15, 0.2) is 60.8 Å². The van der Waals surface area contributed by atoms with Crippen LogP contribution in [-0.2, 0) is 4.79 Å². The highest BCUT2D eigenvalue weighted by Gasteiger charge is 2.10. The van der Waals surface area contributed by atoms with Crippen LogP contribution in [0.1, 0.15) is 17.3 Å². The van der Waals surface area contributed by atoms with Gasteiger partial charge in [0.25, 0.3) is 5.91 Å². The maximum atomic E-state index is 13.3. The molecule has 0 fully saturated rings. The van der Waals surface area contributed by atoms with Gasteiger partial charge in [0.15, 0.2) is 11.6 Å². The van der Waals surface area contributed by atoms with E-state index in [1.165, 1.54) is 31.3 Å². The molecule has 1 heterocycles. The minimum absolute atomic E-state index is 0.137. The third-order valence-corrected chi connectivity index (χ3v) is 3.65. The molecule has 3 aromatic rings. The van der Waals surface area contributed by atoms with Gasteiger partial charge >= 0.3 is 0 Å². The summed E-state index contributed by atoms with van der Waals surface area (Å²) >= 11 is 0. The number of aromatic nitrogens is 1. The van der Waals surface area contributed by atoms with Crippen molar-refractivity contribution in [2.24, 2.45) is 0 Å². The number of rotatable bonds is 5. The zero-order valence-corrected chi connectivity index (χ0v) is 14.8. The molecule has 0 aliphatic carbocycles. The molecule has 1 aromatic heterocycles. The molecule has 0 unspecified atom stereocenters. The maximum Gasteiger partial charge on any atom is 0.255 e. The number of carbonyl (C=O) groups is 2. The van der Waals surface area contributed by atoms with Gasteiger partial charge in [0, 0.05) is 41.8 Å². The summed E-state index contributed by atoms with van der Waals surface area (Å²) in [5.74, 6) is -2.32. The Bertz CT molecular complexity index is 1040. The Morgan fingerprint density at radius 3 is 2.36 bits per heavy atom. The van der Waals surface area contributed by atoms with Crippen LogP contribution in [0.2, 0.25) is 0 Å². The second-order valence-corrected chi connectivity index (χ2v) is 5.90. The zero-order chi connectivity index (χ0) is 20.1. The van der Waals surface area contributed by atoms with E-state index in [-0.39, 0.29) is 17.2 Å². The summed E-state index contributed by atoms with van der Waals surface area (Å²) in [6, 6.07) is 13.1. The minimum atomic E-state index is -1.05. The van der Waals surface area contributed by atoms with Crippen LogP contribution in [0.4, 0.5) is 31.7 Å². The van der Waals surface area contributed by atoms with Gasteiger partial charge < -0.3 is 16.0 Å². The first-order chi connectivity index (χ1) is 13.4. The van der Waals surface area contributed by atoms with Crippen molar-refractivity contribution in [3.8, 4) is 0 Å². The van der Waals surface area contributed by atoms with Crippen LogP contribution >= 0.6 is 0 Å². The van der Waals surface area contributed by atoms with Crippen molar-refractivity contribution in [3.63, 3.8) is 0 Å². The molecular formula is C20H16F2N4O2. The zero-order valence-electron chi connectivity index (χ0n) is 14.8.